The van der Waals surface area contributed by atoms with Crippen molar-refractivity contribution in [1.29, 1.82) is 0 Å². The molecule has 0 aliphatic heterocycles. The Hall–Kier alpha value is -0.0800. The third-order valence-corrected chi connectivity index (χ3v) is 2.47. The van der Waals surface area contributed by atoms with Crippen molar-refractivity contribution >= 4 is 0 Å². The first-order valence-electron chi connectivity index (χ1n) is 5.64. The summed E-state index contributed by atoms with van der Waals surface area (Å²) in [4.78, 5) is 0. The zero-order valence-corrected chi connectivity index (χ0v) is 9.01. The van der Waals surface area contributed by atoms with E-state index < -0.39 is 0 Å². The van der Waals surface area contributed by atoms with Gasteiger partial charge in [0, 0.05) is 19.2 Å². The number of hydrogen-bond donors (Lipinski definition) is 1. The minimum absolute atomic E-state index is 0.678. The smallest absolute Gasteiger partial charge is 0.0590 e. The summed E-state index contributed by atoms with van der Waals surface area (Å²) in [6.07, 6.45) is 5.39. The number of ether oxygens (including phenoxy) is 1. The predicted molar refractivity (Wildman–Crippen MR) is 55.9 cm³/mol. The maximum atomic E-state index is 5.39. The van der Waals surface area contributed by atoms with Gasteiger partial charge in [-0.15, -0.1) is 0 Å². The van der Waals surface area contributed by atoms with Gasteiger partial charge in [-0.1, -0.05) is 19.8 Å². The second-order valence-corrected chi connectivity index (χ2v) is 4.15. The Bertz CT molecular complexity index is 123. The first kappa shape index (κ1) is 11.0. The molecule has 2 heteroatoms. The van der Waals surface area contributed by atoms with E-state index in [-0.39, 0.29) is 0 Å². The summed E-state index contributed by atoms with van der Waals surface area (Å²) in [5.74, 6) is 1.03. The van der Waals surface area contributed by atoms with Gasteiger partial charge >= 0.3 is 0 Å². The molecule has 0 bridgehead atoms. The summed E-state index contributed by atoms with van der Waals surface area (Å²) in [6, 6.07) is 0.678. The van der Waals surface area contributed by atoms with Crippen LogP contribution in [0.3, 0.4) is 0 Å². The zero-order chi connectivity index (χ0) is 9.52. The van der Waals surface area contributed by atoms with E-state index in [0.29, 0.717) is 6.04 Å². The van der Waals surface area contributed by atoms with Crippen LogP contribution in [0.2, 0.25) is 0 Å². The standard InChI is InChI=1S/C11H23NO/c1-3-7-13-8-6-12-10(2)9-11-4-5-11/h10-12H,3-9H2,1-2H3. The fraction of sp³-hybridized carbons (Fsp3) is 1.00. The van der Waals surface area contributed by atoms with Crippen molar-refractivity contribution in [3.63, 3.8) is 0 Å². The number of hydrogen-bond acceptors (Lipinski definition) is 2. The van der Waals surface area contributed by atoms with Crippen molar-refractivity contribution in [2.75, 3.05) is 19.8 Å². The van der Waals surface area contributed by atoms with Gasteiger partial charge in [-0.05, 0) is 25.7 Å². The topological polar surface area (TPSA) is 21.3 Å². The molecule has 13 heavy (non-hydrogen) atoms. The second kappa shape index (κ2) is 6.39. The lowest BCUT2D eigenvalue weighted by molar-refractivity contribution is 0.134. The Kier molecular flexibility index (Phi) is 5.40. The highest BCUT2D eigenvalue weighted by atomic mass is 16.5. The fourth-order valence-corrected chi connectivity index (χ4v) is 1.56. The first-order valence-corrected chi connectivity index (χ1v) is 5.64. The molecule has 78 valence electrons. The van der Waals surface area contributed by atoms with E-state index in [1.165, 1.54) is 19.3 Å². The highest BCUT2D eigenvalue weighted by Gasteiger charge is 2.22. The molecule has 0 aromatic rings. The van der Waals surface area contributed by atoms with E-state index in [1.807, 2.05) is 0 Å². The van der Waals surface area contributed by atoms with E-state index >= 15 is 0 Å². The van der Waals surface area contributed by atoms with E-state index in [4.69, 9.17) is 4.74 Å². The van der Waals surface area contributed by atoms with Gasteiger partial charge in [-0.25, -0.2) is 0 Å². The molecule has 2 nitrogen and oxygen atoms in total. The lowest BCUT2D eigenvalue weighted by Gasteiger charge is -2.12. The molecule has 1 saturated carbocycles. The van der Waals surface area contributed by atoms with Crippen LogP contribution in [0.5, 0.6) is 0 Å². The minimum atomic E-state index is 0.678. The lowest BCUT2D eigenvalue weighted by Crippen LogP contribution is -2.29. The van der Waals surface area contributed by atoms with Gasteiger partial charge < -0.3 is 10.1 Å². The van der Waals surface area contributed by atoms with Crippen molar-refractivity contribution in [3.8, 4) is 0 Å². The van der Waals surface area contributed by atoms with Crippen LogP contribution in [0.25, 0.3) is 0 Å². The van der Waals surface area contributed by atoms with Crippen molar-refractivity contribution in [3.05, 3.63) is 0 Å². The highest BCUT2D eigenvalue weighted by molar-refractivity contribution is 4.77. The van der Waals surface area contributed by atoms with Crippen LogP contribution in [0.1, 0.15) is 39.5 Å². The Morgan fingerprint density at radius 3 is 2.77 bits per heavy atom. The van der Waals surface area contributed by atoms with Crippen LogP contribution in [0.4, 0.5) is 0 Å². The zero-order valence-electron chi connectivity index (χ0n) is 9.01. The maximum absolute atomic E-state index is 5.39. The van der Waals surface area contributed by atoms with Gasteiger partial charge in [0.05, 0.1) is 6.61 Å². The van der Waals surface area contributed by atoms with E-state index in [9.17, 15) is 0 Å². The van der Waals surface area contributed by atoms with Crippen molar-refractivity contribution in [2.24, 2.45) is 5.92 Å². The molecular weight excluding hydrogens is 162 g/mol. The van der Waals surface area contributed by atoms with Gasteiger partial charge in [0.25, 0.3) is 0 Å². The average molecular weight is 185 g/mol. The summed E-state index contributed by atoms with van der Waals surface area (Å²) in [6.45, 7) is 7.19. The van der Waals surface area contributed by atoms with Gasteiger partial charge in [0.15, 0.2) is 0 Å². The van der Waals surface area contributed by atoms with Gasteiger partial charge in [-0.3, -0.25) is 0 Å². The minimum Gasteiger partial charge on any atom is -0.380 e. The number of nitrogens with one attached hydrogen (secondary N) is 1. The van der Waals surface area contributed by atoms with Crippen LogP contribution in [-0.4, -0.2) is 25.8 Å². The molecule has 1 N–H and O–H groups in total. The molecule has 1 rings (SSSR count). The van der Waals surface area contributed by atoms with Crippen LogP contribution in [0, 0.1) is 5.92 Å². The quantitative estimate of drug-likeness (QED) is 0.585. The monoisotopic (exact) mass is 185 g/mol. The van der Waals surface area contributed by atoms with E-state index in [0.717, 1.165) is 32.1 Å². The molecule has 1 aliphatic carbocycles. The molecule has 1 fully saturated rings. The van der Waals surface area contributed by atoms with E-state index in [1.54, 1.807) is 0 Å². The molecule has 0 radical (unpaired) electrons. The Morgan fingerprint density at radius 2 is 2.15 bits per heavy atom. The summed E-state index contributed by atoms with van der Waals surface area (Å²) >= 11 is 0. The van der Waals surface area contributed by atoms with Crippen molar-refractivity contribution in [2.45, 2.75) is 45.6 Å². The molecule has 1 atom stereocenters. The molecular formula is C11H23NO. The van der Waals surface area contributed by atoms with E-state index in [2.05, 4.69) is 19.2 Å². The molecule has 0 spiro atoms. The predicted octanol–water partition coefficient (Wildman–Crippen LogP) is 2.19. The summed E-state index contributed by atoms with van der Waals surface area (Å²) in [5, 5.41) is 3.49. The maximum Gasteiger partial charge on any atom is 0.0590 e. The molecule has 0 heterocycles. The van der Waals surface area contributed by atoms with Crippen LogP contribution in [0.15, 0.2) is 0 Å². The Balaban J connectivity index is 1.80. The average Bonchev–Trinajstić information content (AvgIpc) is 2.88. The largest absolute Gasteiger partial charge is 0.380 e. The third kappa shape index (κ3) is 6.05. The first-order chi connectivity index (χ1) is 6.33. The Labute approximate surface area is 82.0 Å². The highest BCUT2D eigenvalue weighted by Crippen LogP contribution is 2.33. The number of rotatable bonds is 8. The van der Waals surface area contributed by atoms with Gasteiger partial charge in [0.1, 0.15) is 0 Å². The third-order valence-electron chi connectivity index (χ3n) is 2.47. The normalized spacial score (nSPS) is 18.9. The fourth-order valence-electron chi connectivity index (χ4n) is 1.56. The molecule has 1 aliphatic rings. The molecule has 0 saturated heterocycles. The molecule has 0 aromatic heterocycles. The van der Waals surface area contributed by atoms with Crippen molar-refractivity contribution < 1.29 is 4.74 Å². The summed E-state index contributed by atoms with van der Waals surface area (Å²) in [5.41, 5.74) is 0. The van der Waals surface area contributed by atoms with Gasteiger partial charge in [-0.2, -0.15) is 0 Å². The van der Waals surface area contributed by atoms with Crippen LogP contribution < -0.4 is 5.32 Å². The van der Waals surface area contributed by atoms with Crippen LogP contribution in [-0.2, 0) is 4.74 Å². The summed E-state index contributed by atoms with van der Waals surface area (Å²) < 4.78 is 5.39. The lowest BCUT2D eigenvalue weighted by atomic mass is 10.2. The van der Waals surface area contributed by atoms with Gasteiger partial charge in [0.2, 0.25) is 0 Å². The molecule has 0 aromatic carbocycles. The second-order valence-electron chi connectivity index (χ2n) is 4.15. The van der Waals surface area contributed by atoms with Crippen LogP contribution >= 0.6 is 0 Å². The SMILES string of the molecule is CCCOCCNC(C)CC1CC1. The molecule has 1 unspecified atom stereocenters. The van der Waals surface area contributed by atoms with Crippen molar-refractivity contribution in [1.82, 2.24) is 5.32 Å². The Morgan fingerprint density at radius 1 is 1.38 bits per heavy atom. The summed E-state index contributed by atoms with van der Waals surface area (Å²) in [7, 11) is 0. The molecule has 0 amide bonds.